The summed E-state index contributed by atoms with van der Waals surface area (Å²) in [5.41, 5.74) is 0.271. The van der Waals surface area contributed by atoms with Gasteiger partial charge in [-0.05, 0) is 37.5 Å². The van der Waals surface area contributed by atoms with Gasteiger partial charge in [-0.25, -0.2) is 13.2 Å². The molecule has 1 atom stereocenters. The van der Waals surface area contributed by atoms with E-state index in [9.17, 15) is 18.0 Å². The number of carbonyl (C=O) groups excluding carboxylic acids is 2. The molecule has 28 heavy (non-hydrogen) atoms. The first-order valence-corrected chi connectivity index (χ1v) is 11.3. The number of carbonyl (C=O) groups is 2. The second-order valence-corrected chi connectivity index (χ2v) is 9.67. The standard InChI is InChI=1S/C19H23NO7S/c21-18(10-25-19(22)13-5-6-16-17(9-13)27-12-26-16)20(14-3-1-2-4-14)15-7-8-28(23,24)11-15/h5-6,9,14-15H,1-4,7-8,10-12H2/t15-/m1/s1. The van der Waals surface area contributed by atoms with Crippen LogP contribution in [0, 0.1) is 0 Å². The zero-order valence-electron chi connectivity index (χ0n) is 15.5. The Balaban J connectivity index is 1.42. The summed E-state index contributed by atoms with van der Waals surface area (Å²) in [6.07, 6.45) is 4.20. The Labute approximate surface area is 163 Å². The minimum Gasteiger partial charge on any atom is -0.454 e. The van der Waals surface area contributed by atoms with E-state index < -0.39 is 22.4 Å². The van der Waals surface area contributed by atoms with Gasteiger partial charge in [0.25, 0.3) is 5.91 Å². The van der Waals surface area contributed by atoms with E-state index in [2.05, 4.69) is 0 Å². The van der Waals surface area contributed by atoms with E-state index in [4.69, 9.17) is 14.2 Å². The monoisotopic (exact) mass is 409 g/mol. The molecule has 1 saturated heterocycles. The van der Waals surface area contributed by atoms with Gasteiger partial charge in [-0.2, -0.15) is 0 Å². The van der Waals surface area contributed by atoms with Crippen LogP contribution >= 0.6 is 0 Å². The van der Waals surface area contributed by atoms with Crippen LogP contribution in [0.25, 0.3) is 0 Å². The van der Waals surface area contributed by atoms with Crippen LogP contribution in [0.15, 0.2) is 18.2 Å². The number of nitrogens with zero attached hydrogens (tertiary/aromatic N) is 1. The lowest BCUT2D eigenvalue weighted by atomic mass is 10.1. The number of esters is 1. The third-order valence-electron chi connectivity index (χ3n) is 5.54. The minimum atomic E-state index is -3.11. The summed E-state index contributed by atoms with van der Waals surface area (Å²) in [6, 6.07) is 4.39. The Kier molecular flexibility index (Phi) is 5.18. The topological polar surface area (TPSA) is 99.2 Å². The van der Waals surface area contributed by atoms with Gasteiger partial charge in [0.05, 0.1) is 17.1 Å². The van der Waals surface area contributed by atoms with Crippen LogP contribution in [0.4, 0.5) is 0 Å². The van der Waals surface area contributed by atoms with Gasteiger partial charge in [0.2, 0.25) is 6.79 Å². The van der Waals surface area contributed by atoms with E-state index >= 15 is 0 Å². The molecule has 1 aromatic rings. The van der Waals surface area contributed by atoms with Crippen LogP contribution in [-0.2, 0) is 19.4 Å². The summed E-state index contributed by atoms with van der Waals surface area (Å²) < 4.78 is 39.4. The fourth-order valence-corrected chi connectivity index (χ4v) is 5.90. The maximum atomic E-state index is 12.9. The van der Waals surface area contributed by atoms with E-state index in [1.165, 1.54) is 6.07 Å². The number of ether oxygens (including phenoxy) is 3. The van der Waals surface area contributed by atoms with Crippen molar-refractivity contribution in [1.82, 2.24) is 4.90 Å². The Morgan fingerprint density at radius 2 is 1.82 bits per heavy atom. The van der Waals surface area contributed by atoms with E-state index in [1.807, 2.05) is 0 Å². The van der Waals surface area contributed by atoms with Gasteiger partial charge < -0.3 is 19.1 Å². The van der Waals surface area contributed by atoms with Gasteiger partial charge in [0, 0.05) is 12.1 Å². The Bertz CT molecular complexity index is 876. The molecule has 1 amide bonds. The summed E-state index contributed by atoms with van der Waals surface area (Å²) in [6.45, 7) is -0.298. The average molecular weight is 409 g/mol. The minimum absolute atomic E-state index is 0.00858. The molecule has 8 nitrogen and oxygen atoms in total. The van der Waals surface area contributed by atoms with Crippen LogP contribution in [0.1, 0.15) is 42.5 Å². The van der Waals surface area contributed by atoms with Crippen molar-refractivity contribution < 1.29 is 32.2 Å². The molecule has 9 heteroatoms. The maximum absolute atomic E-state index is 12.9. The normalized spacial score (nSPS) is 22.9. The molecule has 1 saturated carbocycles. The summed E-state index contributed by atoms with van der Waals surface area (Å²) in [5.74, 6) is 0.156. The molecule has 0 aromatic heterocycles. The number of benzene rings is 1. The Morgan fingerprint density at radius 3 is 2.54 bits per heavy atom. The summed E-state index contributed by atoms with van der Waals surface area (Å²) in [7, 11) is -3.11. The molecular formula is C19H23NO7S. The molecule has 0 bridgehead atoms. The van der Waals surface area contributed by atoms with Crippen LogP contribution in [0.5, 0.6) is 11.5 Å². The number of rotatable bonds is 5. The lowest BCUT2D eigenvalue weighted by Crippen LogP contribution is -2.48. The van der Waals surface area contributed by atoms with Gasteiger partial charge in [-0.3, -0.25) is 4.79 Å². The van der Waals surface area contributed by atoms with Crippen LogP contribution < -0.4 is 9.47 Å². The van der Waals surface area contributed by atoms with Crippen LogP contribution in [0.2, 0.25) is 0 Å². The highest BCUT2D eigenvalue weighted by Crippen LogP contribution is 2.33. The average Bonchev–Trinajstić information content (AvgIpc) is 3.40. The molecule has 0 radical (unpaired) electrons. The third kappa shape index (κ3) is 3.94. The molecule has 0 spiro atoms. The van der Waals surface area contributed by atoms with Crippen molar-refractivity contribution in [2.24, 2.45) is 0 Å². The number of fused-ring (bicyclic) bond motifs is 1. The van der Waals surface area contributed by atoms with Crippen molar-refractivity contribution in [3.63, 3.8) is 0 Å². The summed E-state index contributed by atoms with van der Waals surface area (Å²) in [4.78, 5) is 26.9. The largest absolute Gasteiger partial charge is 0.454 e. The van der Waals surface area contributed by atoms with Gasteiger partial charge in [0.15, 0.2) is 27.9 Å². The number of hydrogen-bond acceptors (Lipinski definition) is 7. The molecule has 2 aliphatic heterocycles. The maximum Gasteiger partial charge on any atom is 0.338 e. The van der Waals surface area contributed by atoms with Crippen molar-refractivity contribution in [2.75, 3.05) is 24.9 Å². The highest BCUT2D eigenvalue weighted by Gasteiger charge is 2.39. The summed E-state index contributed by atoms with van der Waals surface area (Å²) >= 11 is 0. The van der Waals surface area contributed by atoms with E-state index in [-0.39, 0.29) is 41.9 Å². The smallest absolute Gasteiger partial charge is 0.338 e. The van der Waals surface area contributed by atoms with E-state index in [1.54, 1.807) is 17.0 Å². The lowest BCUT2D eigenvalue weighted by molar-refractivity contribution is -0.139. The van der Waals surface area contributed by atoms with Gasteiger partial charge in [0.1, 0.15) is 0 Å². The lowest BCUT2D eigenvalue weighted by Gasteiger charge is -2.33. The fourth-order valence-electron chi connectivity index (χ4n) is 4.19. The van der Waals surface area contributed by atoms with Crippen molar-refractivity contribution in [2.45, 2.75) is 44.2 Å². The quantitative estimate of drug-likeness (QED) is 0.680. The van der Waals surface area contributed by atoms with Crippen LogP contribution in [-0.4, -0.2) is 62.2 Å². The Hall–Kier alpha value is -2.29. The number of sulfone groups is 1. The first-order chi connectivity index (χ1) is 13.4. The van der Waals surface area contributed by atoms with Gasteiger partial charge >= 0.3 is 5.97 Å². The predicted octanol–water partition coefficient (Wildman–Crippen LogP) is 1.53. The zero-order valence-corrected chi connectivity index (χ0v) is 16.3. The van der Waals surface area contributed by atoms with E-state index in [0.717, 1.165) is 25.7 Å². The van der Waals surface area contributed by atoms with Crippen molar-refractivity contribution in [1.29, 1.82) is 0 Å². The second kappa shape index (κ2) is 7.62. The molecule has 1 aliphatic carbocycles. The van der Waals surface area contributed by atoms with E-state index in [0.29, 0.717) is 17.9 Å². The first kappa shape index (κ1) is 19.0. The molecule has 152 valence electrons. The number of amides is 1. The zero-order chi connectivity index (χ0) is 19.7. The van der Waals surface area contributed by atoms with Gasteiger partial charge in [-0.15, -0.1) is 0 Å². The molecule has 2 heterocycles. The summed E-state index contributed by atoms with van der Waals surface area (Å²) in [5, 5.41) is 0. The second-order valence-electron chi connectivity index (χ2n) is 7.44. The van der Waals surface area contributed by atoms with Crippen LogP contribution in [0.3, 0.4) is 0 Å². The van der Waals surface area contributed by atoms with Crippen molar-refractivity contribution in [3.05, 3.63) is 23.8 Å². The number of hydrogen-bond donors (Lipinski definition) is 0. The van der Waals surface area contributed by atoms with Crippen molar-refractivity contribution >= 4 is 21.7 Å². The predicted molar refractivity (Wildman–Crippen MR) is 99.0 cm³/mol. The third-order valence-corrected chi connectivity index (χ3v) is 7.29. The molecule has 2 fully saturated rings. The molecular weight excluding hydrogens is 386 g/mol. The fraction of sp³-hybridized carbons (Fsp3) is 0.579. The highest BCUT2D eigenvalue weighted by atomic mass is 32.2. The first-order valence-electron chi connectivity index (χ1n) is 9.51. The van der Waals surface area contributed by atoms with Crippen molar-refractivity contribution in [3.8, 4) is 11.5 Å². The highest BCUT2D eigenvalue weighted by molar-refractivity contribution is 7.91. The van der Waals surface area contributed by atoms with Gasteiger partial charge in [-0.1, -0.05) is 12.8 Å². The SMILES string of the molecule is O=C(OCC(=O)N(C1CCCC1)[C@@H]1CCS(=O)(=O)C1)c1ccc2c(c1)OCO2. The molecule has 4 rings (SSSR count). The Morgan fingerprint density at radius 1 is 1.07 bits per heavy atom. The molecule has 0 N–H and O–H groups in total. The molecule has 3 aliphatic rings. The molecule has 0 unspecified atom stereocenters. The molecule has 1 aromatic carbocycles.